The van der Waals surface area contributed by atoms with E-state index < -0.39 is 18.2 Å². The topological polar surface area (TPSA) is 132 Å². The molecule has 8 atom stereocenters. The number of nitrogens with one attached hydrogen (secondary N) is 2. The van der Waals surface area contributed by atoms with Crippen molar-refractivity contribution in [3.8, 4) is 5.75 Å². The summed E-state index contributed by atoms with van der Waals surface area (Å²) in [6.07, 6.45) is 4.56. The van der Waals surface area contributed by atoms with Crippen LogP contribution in [0, 0.1) is 23.7 Å². The molecule has 11 nitrogen and oxygen atoms in total. The van der Waals surface area contributed by atoms with Crippen molar-refractivity contribution in [2.75, 3.05) is 47.6 Å². The zero-order valence-electron chi connectivity index (χ0n) is 33.3. The summed E-state index contributed by atoms with van der Waals surface area (Å²) in [7, 11) is 7.10. The van der Waals surface area contributed by atoms with Crippen LogP contribution in [0.3, 0.4) is 0 Å². The molecule has 0 radical (unpaired) electrons. The lowest BCUT2D eigenvalue weighted by molar-refractivity contribution is -0.139. The predicted molar refractivity (Wildman–Crippen MR) is 207 cm³/mol. The van der Waals surface area contributed by atoms with E-state index in [2.05, 4.69) is 10.6 Å². The Bertz CT molecular complexity index is 1270. The molecule has 0 unspecified atom stereocenters. The van der Waals surface area contributed by atoms with E-state index in [9.17, 15) is 24.3 Å². The first-order valence-corrected chi connectivity index (χ1v) is 19.9. The number of phenols is 1. The van der Waals surface area contributed by atoms with Gasteiger partial charge in [0.05, 0.1) is 24.6 Å². The number of phenolic OH excluding ortho intramolecular Hbond substituents is 1. The van der Waals surface area contributed by atoms with Gasteiger partial charge in [-0.05, 0) is 75.1 Å². The van der Waals surface area contributed by atoms with E-state index in [1.165, 1.54) is 0 Å². The molecule has 51 heavy (non-hydrogen) atoms. The van der Waals surface area contributed by atoms with Gasteiger partial charge in [0.1, 0.15) is 11.8 Å². The van der Waals surface area contributed by atoms with Crippen molar-refractivity contribution in [1.29, 1.82) is 0 Å². The van der Waals surface area contributed by atoms with Crippen molar-refractivity contribution >= 4 is 35.4 Å². The highest BCUT2D eigenvalue weighted by molar-refractivity contribution is 7.99. The van der Waals surface area contributed by atoms with Gasteiger partial charge in [-0.3, -0.25) is 24.1 Å². The monoisotopic (exact) mass is 733 g/mol. The van der Waals surface area contributed by atoms with E-state index in [4.69, 9.17) is 4.74 Å². The summed E-state index contributed by atoms with van der Waals surface area (Å²) in [5, 5.41) is 15.9. The minimum Gasteiger partial charge on any atom is -0.508 e. The molecule has 1 saturated heterocycles. The molecule has 0 aliphatic carbocycles. The minimum absolute atomic E-state index is 0.00163. The number of hydrogen-bond acceptors (Lipinski definition) is 8. The molecular formula is C39H67N5O6S. The van der Waals surface area contributed by atoms with Crippen LogP contribution in [0.2, 0.25) is 0 Å². The Morgan fingerprint density at radius 1 is 1.02 bits per heavy atom. The number of methoxy groups -OCH3 is 1. The fraction of sp³-hybridized carbons (Fsp3) is 0.744. The summed E-state index contributed by atoms with van der Waals surface area (Å²) in [6.45, 7) is 15.0. The van der Waals surface area contributed by atoms with Gasteiger partial charge in [-0.25, -0.2) is 0 Å². The number of ether oxygens (including phenoxy) is 1. The number of benzene rings is 1. The smallest absolute Gasteiger partial charge is 0.243 e. The third-order valence-corrected chi connectivity index (χ3v) is 11.8. The number of carbonyl (C=O) groups excluding carboxylic acids is 4. The number of thioether (sulfide) groups is 1. The van der Waals surface area contributed by atoms with Gasteiger partial charge in [-0.2, -0.15) is 11.8 Å². The first kappa shape index (κ1) is 44.3. The molecule has 0 saturated carbocycles. The molecular weight excluding hydrogens is 667 g/mol. The highest BCUT2D eigenvalue weighted by atomic mass is 32.2. The quantitative estimate of drug-likeness (QED) is 0.180. The SMILES string of the molecule is CC[C@H](C)[C@H](NC(=O)[C@@H](NC(=O)[C@H](C(C)C)N(C)C)C(C)C)[C@@H](CC(=O)N1CCC[C@H]1[C@H](SC)[C@@H](C)C(=O)N(C)CCc1cccc(O)c1)OC. The fourth-order valence-electron chi connectivity index (χ4n) is 7.41. The van der Waals surface area contributed by atoms with Crippen LogP contribution in [-0.2, 0) is 30.3 Å². The highest BCUT2D eigenvalue weighted by Gasteiger charge is 2.42. The predicted octanol–water partition coefficient (Wildman–Crippen LogP) is 4.41. The average molecular weight is 734 g/mol. The van der Waals surface area contributed by atoms with Gasteiger partial charge in [-0.15, -0.1) is 0 Å². The Labute approximate surface area is 312 Å². The van der Waals surface area contributed by atoms with Crippen LogP contribution in [0.5, 0.6) is 5.75 Å². The maximum absolute atomic E-state index is 14.1. The van der Waals surface area contributed by atoms with E-state index in [0.717, 1.165) is 24.8 Å². The molecule has 1 heterocycles. The van der Waals surface area contributed by atoms with Gasteiger partial charge in [0.15, 0.2) is 0 Å². The first-order chi connectivity index (χ1) is 24.0. The minimum atomic E-state index is -0.749. The van der Waals surface area contributed by atoms with Crippen LogP contribution in [0.4, 0.5) is 0 Å². The van der Waals surface area contributed by atoms with Crippen molar-refractivity contribution < 1.29 is 29.0 Å². The van der Waals surface area contributed by atoms with Crippen LogP contribution in [0.1, 0.15) is 79.7 Å². The van der Waals surface area contributed by atoms with Crippen molar-refractivity contribution in [2.24, 2.45) is 23.7 Å². The maximum Gasteiger partial charge on any atom is 0.243 e. The Kier molecular flexibility index (Phi) is 18.3. The molecule has 2 rings (SSSR count). The zero-order valence-corrected chi connectivity index (χ0v) is 34.1. The average Bonchev–Trinajstić information content (AvgIpc) is 3.56. The molecule has 1 aliphatic rings. The van der Waals surface area contributed by atoms with Crippen LogP contribution >= 0.6 is 11.8 Å². The Morgan fingerprint density at radius 3 is 2.22 bits per heavy atom. The van der Waals surface area contributed by atoms with E-state index in [-0.39, 0.29) is 76.8 Å². The number of rotatable bonds is 20. The summed E-state index contributed by atoms with van der Waals surface area (Å²) < 4.78 is 5.96. The third kappa shape index (κ3) is 12.4. The first-order valence-electron chi connectivity index (χ1n) is 18.6. The highest BCUT2D eigenvalue weighted by Crippen LogP contribution is 2.33. The Hall–Kier alpha value is -2.83. The van der Waals surface area contributed by atoms with Crippen molar-refractivity contribution in [1.82, 2.24) is 25.3 Å². The second-order valence-corrected chi connectivity index (χ2v) is 16.3. The van der Waals surface area contributed by atoms with Crippen molar-refractivity contribution in [3.05, 3.63) is 29.8 Å². The van der Waals surface area contributed by atoms with Crippen LogP contribution < -0.4 is 10.6 Å². The number of amides is 4. The van der Waals surface area contributed by atoms with Crippen LogP contribution in [0.15, 0.2) is 24.3 Å². The normalized spacial score (nSPS) is 19.0. The molecule has 12 heteroatoms. The zero-order chi connectivity index (χ0) is 38.6. The molecule has 290 valence electrons. The van der Waals surface area contributed by atoms with Gasteiger partial charge in [0.2, 0.25) is 23.6 Å². The Morgan fingerprint density at radius 2 is 1.69 bits per heavy atom. The number of carbonyl (C=O) groups is 4. The summed E-state index contributed by atoms with van der Waals surface area (Å²) >= 11 is 1.62. The lowest BCUT2D eigenvalue weighted by atomic mass is 9.90. The van der Waals surface area contributed by atoms with Gasteiger partial charge in [-0.1, -0.05) is 67.0 Å². The standard InChI is InChI=1S/C39H67N5O6S/c1-13-26(6)34(41-37(47)33(24(2)3)40-38(48)35(25(4)5)42(8)9)31(50-11)23-32(46)44-20-15-18-30(44)36(51-12)27(7)39(49)43(10)21-19-28-16-14-17-29(45)22-28/h14,16-17,22,24-27,30-31,33-36,45H,13,15,18-21,23H2,1-12H3,(H,40,48)(H,41,47)/t26-,27+,30-,31+,33-,34-,35-,36+/m0/s1. The van der Waals surface area contributed by atoms with Gasteiger partial charge < -0.3 is 30.3 Å². The van der Waals surface area contributed by atoms with Crippen molar-refractivity contribution in [3.63, 3.8) is 0 Å². The summed E-state index contributed by atoms with van der Waals surface area (Å²) in [6, 6.07) is 5.40. The molecule has 4 amide bonds. The van der Waals surface area contributed by atoms with E-state index in [1.54, 1.807) is 42.0 Å². The summed E-state index contributed by atoms with van der Waals surface area (Å²) in [4.78, 5) is 60.4. The van der Waals surface area contributed by atoms with Crippen molar-refractivity contribution in [2.45, 2.75) is 116 Å². The maximum atomic E-state index is 14.1. The molecule has 0 bridgehead atoms. The summed E-state index contributed by atoms with van der Waals surface area (Å²) in [5.41, 5.74) is 0.962. The van der Waals surface area contributed by atoms with Gasteiger partial charge in [0.25, 0.3) is 0 Å². The number of likely N-dealkylation sites (tertiary alicyclic amines) is 1. The molecule has 1 aromatic rings. The molecule has 3 N–H and O–H groups in total. The molecule has 1 aromatic carbocycles. The fourth-order valence-corrected chi connectivity index (χ4v) is 8.53. The second-order valence-electron chi connectivity index (χ2n) is 15.2. The van der Waals surface area contributed by atoms with Crippen LogP contribution in [0.25, 0.3) is 0 Å². The van der Waals surface area contributed by atoms with Crippen LogP contribution in [-0.4, -0.2) is 127 Å². The molecule has 1 aliphatic heterocycles. The second kappa shape index (κ2) is 21.0. The van der Waals surface area contributed by atoms with E-state index >= 15 is 0 Å². The van der Waals surface area contributed by atoms with E-state index in [0.29, 0.717) is 19.5 Å². The Balaban J connectivity index is 2.19. The lowest BCUT2D eigenvalue weighted by Crippen LogP contribution is -2.59. The summed E-state index contributed by atoms with van der Waals surface area (Å²) in [5.74, 6) is -0.713. The number of hydrogen-bond donors (Lipinski definition) is 3. The molecule has 0 spiro atoms. The number of aromatic hydroxyl groups is 1. The van der Waals surface area contributed by atoms with Gasteiger partial charge >= 0.3 is 0 Å². The third-order valence-electron chi connectivity index (χ3n) is 10.5. The van der Waals surface area contributed by atoms with Gasteiger partial charge in [0, 0.05) is 44.5 Å². The molecule has 0 aromatic heterocycles. The largest absolute Gasteiger partial charge is 0.508 e. The van der Waals surface area contributed by atoms with E-state index in [1.807, 2.05) is 91.7 Å². The number of nitrogens with zero attached hydrogens (tertiary/aromatic N) is 3. The lowest BCUT2D eigenvalue weighted by Gasteiger charge is -2.37. The number of likely N-dealkylation sites (N-methyl/N-ethyl adjacent to an activating group) is 2. The molecule has 1 fully saturated rings.